The predicted molar refractivity (Wildman–Crippen MR) is 130 cm³/mol. The van der Waals surface area contributed by atoms with Gasteiger partial charge in [0.05, 0.1) is 18.9 Å². The average Bonchev–Trinajstić information content (AvgIpc) is 3.51. The van der Waals surface area contributed by atoms with E-state index in [1.807, 2.05) is 20.8 Å². The summed E-state index contributed by atoms with van der Waals surface area (Å²) < 4.78 is 44.6. The Morgan fingerprint density at radius 3 is 2.49 bits per heavy atom. The molecule has 2 fully saturated rings. The maximum atomic E-state index is 13.5. The Morgan fingerprint density at radius 1 is 1.26 bits per heavy atom. The third kappa shape index (κ3) is 8.03. The van der Waals surface area contributed by atoms with Crippen LogP contribution in [-0.4, -0.2) is 61.8 Å². The SMILES string of the molecule is CC.COCC1(C2=NOC=NC2)CC1.C[C@@H]1CCCN1C(=O)CC(N)Cc1cc(F)c(F)cc1F. The summed E-state index contributed by atoms with van der Waals surface area (Å²) in [4.78, 5) is 22.7. The van der Waals surface area contributed by atoms with Gasteiger partial charge in [-0.05, 0) is 50.7 Å². The molecule has 3 aliphatic rings. The number of carbonyl (C=O) groups is 1. The molecule has 1 aromatic rings. The first-order valence-electron chi connectivity index (χ1n) is 12.1. The molecule has 0 radical (unpaired) electrons. The van der Waals surface area contributed by atoms with Crippen LogP contribution in [-0.2, 0) is 20.8 Å². The molecule has 1 amide bonds. The number of aliphatic imine (C=N–C) groups is 1. The fraction of sp³-hybridized carbons (Fsp3) is 0.640. The second kappa shape index (κ2) is 13.6. The van der Waals surface area contributed by atoms with Crippen LogP contribution in [0.25, 0.3) is 0 Å². The number of methoxy groups -OCH3 is 1. The highest BCUT2D eigenvalue weighted by atomic mass is 19.2. The summed E-state index contributed by atoms with van der Waals surface area (Å²) in [7, 11) is 1.72. The van der Waals surface area contributed by atoms with Crippen LogP contribution in [0, 0.1) is 22.9 Å². The van der Waals surface area contributed by atoms with Gasteiger partial charge < -0.3 is 20.2 Å². The number of hydrogen-bond donors (Lipinski definition) is 1. The lowest BCUT2D eigenvalue weighted by Crippen LogP contribution is -2.38. The molecule has 1 saturated carbocycles. The van der Waals surface area contributed by atoms with Gasteiger partial charge in [0.1, 0.15) is 5.82 Å². The number of carbonyl (C=O) groups excluding carboxylic acids is 1. The number of amides is 1. The Morgan fingerprint density at radius 2 is 1.94 bits per heavy atom. The Labute approximate surface area is 205 Å². The molecule has 2 N–H and O–H groups in total. The minimum absolute atomic E-state index is 0.00298. The van der Waals surface area contributed by atoms with Gasteiger partial charge in [0.2, 0.25) is 12.3 Å². The first kappa shape index (κ1) is 28.8. The number of nitrogens with zero attached hydrogens (tertiary/aromatic N) is 3. The summed E-state index contributed by atoms with van der Waals surface area (Å²) in [5.41, 5.74) is 7.03. The van der Waals surface area contributed by atoms with Crippen molar-refractivity contribution in [1.29, 1.82) is 0 Å². The number of hydrogen-bond acceptors (Lipinski definition) is 6. The van der Waals surface area contributed by atoms with Crippen LogP contribution in [0.3, 0.4) is 0 Å². The van der Waals surface area contributed by atoms with Crippen molar-refractivity contribution in [2.75, 3.05) is 26.8 Å². The van der Waals surface area contributed by atoms with Crippen LogP contribution in [0.1, 0.15) is 58.4 Å². The summed E-state index contributed by atoms with van der Waals surface area (Å²) in [5.74, 6) is -3.26. The van der Waals surface area contributed by atoms with E-state index in [1.54, 1.807) is 12.0 Å². The maximum Gasteiger partial charge on any atom is 0.224 e. The van der Waals surface area contributed by atoms with Crippen LogP contribution >= 0.6 is 0 Å². The zero-order chi connectivity index (χ0) is 26.0. The second-order valence-corrected chi connectivity index (χ2v) is 8.91. The highest BCUT2D eigenvalue weighted by Crippen LogP contribution is 2.47. The molecule has 2 aliphatic heterocycles. The smallest absolute Gasteiger partial charge is 0.224 e. The molecular weight excluding hydrogens is 461 g/mol. The minimum atomic E-state index is -1.23. The first-order chi connectivity index (χ1) is 16.8. The molecule has 4 rings (SSSR count). The van der Waals surface area contributed by atoms with Gasteiger partial charge in [-0.1, -0.05) is 19.0 Å². The van der Waals surface area contributed by atoms with Gasteiger partial charge in [0.15, 0.2) is 11.6 Å². The average molecular weight is 499 g/mol. The minimum Gasteiger partial charge on any atom is -0.384 e. The highest BCUT2D eigenvalue weighted by Gasteiger charge is 2.48. The lowest BCUT2D eigenvalue weighted by Gasteiger charge is -2.23. The molecule has 1 saturated heterocycles. The fourth-order valence-corrected chi connectivity index (χ4v) is 4.20. The zero-order valence-electron chi connectivity index (χ0n) is 21.0. The summed E-state index contributed by atoms with van der Waals surface area (Å²) in [6.45, 7) is 8.10. The van der Waals surface area contributed by atoms with E-state index in [2.05, 4.69) is 10.1 Å². The topological polar surface area (TPSA) is 89.5 Å². The van der Waals surface area contributed by atoms with E-state index >= 15 is 0 Å². The number of ether oxygens (including phenoxy) is 1. The van der Waals surface area contributed by atoms with Crippen LogP contribution < -0.4 is 5.73 Å². The van der Waals surface area contributed by atoms with Crippen molar-refractivity contribution in [2.45, 2.75) is 71.4 Å². The molecule has 1 aliphatic carbocycles. The molecule has 1 aromatic carbocycles. The van der Waals surface area contributed by atoms with Crippen molar-refractivity contribution in [3.05, 3.63) is 35.1 Å². The quantitative estimate of drug-likeness (QED) is 0.570. The lowest BCUT2D eigenvalue weighted by atomic mass is 10.0. The van der Waals surface area contributed by atoms with E-state index < -0.39 is 23.5 Å². The molecule has 7 nitrogen and oxygen atoms in total. The number of oxime groups is 1. The maximum absolute atomic E-state index is 13.5. The van der Waals surface area contributed by atoms with Gasteiger partial charge in [-0.2, -0.15) is 0 Å². The van der Waals surface area contributed by atoms with Gasteiger partial charge in [-0.15, -0.1) is 0 Å². The number of nitrogens with two attached hydrogens (primary N) is 1. The molecule has 0 bridgehead atoms. The molecule has 0 spiro atoms. The Hall–Kier alpha value is -2.46. The number of halogens is 3. The second-order valence-electron chi connectivity index (χ2n) is 8.91. The van der Waals surface area contributed by atoms with E-state index in [-0.39, 0.29) is 35.8 Å². The van der Waals surface area contributed by atoms with Crippen molar-refractivity contribution in [3.8, 4) is 0 Å². The number of rotatable bonds is 7. The Kier molecular flexibility index (Phi) is 11.2. The number of benzene rings is 1. The largest absolute Gasteiger partial charge is 0.384 e. The fourth-order valence-electron chi connectivity index (χ4n) is 4.20. The van der Waals surface area contributed by atoms with Gasteiger partial charge in [-0.25, -0.2) is 18.2 Å². The van der Waals surface area contributed by atoms with Gasteiger partial charge in [0.25, 0.3) is 0 Å². The van der Waals surface area contributed by atoms with E-state index in [1.165, 1.54) is 6.40 Å². The van der Waals surface area contributed by atoms with Crippen molar-refractivity contribution in [1.82, 2.24) is 4.90 Å². The standard InChI is InChI=1S/C15H19F3N2O.C8H12N2O2.C2H6/c1-9-3-2-4-20(9)15(21)7-11(19)5-10-6-13(17)14(18)8-12(10)16;1-11-5-8(2-3-8)7-4-9-6-12-10-7;1-2/h6,8-9,11H,2-5,7,19H2,1H3;6H,2-5H2,1H3;1-2H3/t9-,11?;;/m1../s1. The van der Waals surface area contributed by atoms with Crippen molar-refractivity contribution in [2.24, 2.45) is 21.3 Å². The van der Waals surface area contributed by atoms with E-state index in [0.29, 0.717) is 19.2 Å². The predicted octanol–water partition coefficient (Wildman–Crippen LogP) is 4.23. The first-order valence-corrected chi connectivity index (χ1v) is 12.1. The monoisotopic (exact) mass is 498 g/mol. The molecule has 10 heteroatoms. The molecule has 2 atom stereocenters. The third-order valence-corrected chi connectivity index (χ3v) is 6.29. The summed E-state index contributed by atoms with van der Waals surface area (Å²) in [5, 5.41) is 3.97. The van der Waals surface area contributed by atoms with Gasteiger partial charge in [0, 0.05) is 43.6 Å². The van der Waals surface area contributed by atoms with Crippen LogP contribution in [0.15, 0.2) is 22.3 Å². The molecular formula is C25H37F3N4O3. The van der Waals surface area contributed by atoms with Crippen molar-refractivity contribution >= 4 is 18.0 Å². The summed E-state index contributed by atoms with van der Waals surface area (Å²) in [6, 6.07) is 0.879. The summed E-state index contributed by atoms with van der Waals surface area (Å²) in [6.07, 6.45) is 5.70. The molecule has 1 unspecified atom stereocenters. The van der Waals surface area contributed by atoms with E-state index in [4.69, 9.17) is 15.3 Å². The lowest BCUT2D eigenvalue weighted by molar-refractivity contribution is -0.132. The molecule has 196 valence electrons. The molecule has 0 aromatic heterocycles. The third-order valence-electron chi connectivity index (χ3n) is 6.29. The van der Waals surface area contributed by atoms with E-state index in [0.717, 1.165) is 44.1 Å². The van der Waals surface area contributed by atoms with Crippen LogP contribution in [0.5, 0.6) is 0 Å². The molecule has 35 heavy (non-hydrogen) atoms. The number of likely N-dealkylation sites (tertiary alicyclic amines) is 1. The van der Waals surface area contributed by atoms with Crippen LogP contribution in [0.2, 0.25) is 0 Å². The molecule has 2 heterocycles. The summed E-state index contributed by atoms with van der Waals surface area (Å²) >= 11 is 0. The normalized spacial score (nSPS) is 20.5. The Bertz CT molecular complexity index is 906. The van der Waals surface area contributed by atoms with Crippen molar-refractivity contribution < 1.29 is 27.5 Å². The highest BCUT2D eigenvalue weighted by molar-refractivity contribution is 5.95. The van der Waals surface area contributed by atoms with Gasteiger partial charge >= 0.3 is 0 Å². The van der Waals surface area contributed by atoms with Crippen LogP contribution in [0.4, 0.5) is 13.2 Å². The zero-order valence-corrected chi connectivity index (χ0v) is 21.0. The van der Waals surface area contributed by atoms with E-state index in [9.17, 15) is 18.0 Å². The van der Waals surface area contributed by atoms with Crippen molar-refractivity contribution in [3.63, 3.8) is 0 Å². The van der Waals surface area contributed by atoms with Gasteiger partial charge in [-0.3, -0.25) is 4.79 Å². The Balaban J connectivity index is 0.000000260.